The minimum Gasteiger partial charge on any atom is -0.456 e. The molecule has 0 saturated heterocycles. The van der Waals surface area contributed by atoms with Gasteiger partial charge in [0.05, 0.1) is 0 Å². The van der Waals surface area contributed by atoms with Crippen LogP contribution in [0.5, 0.6) is 0 Å². The molecule has 4 heteroatoms. The molecular formula is C45H29N3O. The molecular weight excluding hydrogens is 599 g/mol. The molecule has 0 fully saturated rings. The Labute approximate surface area is 284 Å². The van der Waals surface area contributed by atoms with Crippen LogP contribution in [0.25, 0.3) is 89.0 Å². The lowest BCUT2D eigenvalue weighted by atomic mass is 9.84. The summed E-state index contributed by atoms with van der Waals surface area (Å²) in [5.74, 6) is 0. The molecule has 7 aromatic carbocycles. The molecule has 0 unspecified atom stereocenters. The second kappa shape index (κ2) is 12.2. The summed E-state index contributed by atoms with van der Waals surface area (Å²) in [5.41, 5.74) is 13.7. The molecule has 0 aliphatic heterocycles. The van der Waals surface area contributed by atoms with Gasteiger partial charge >= 0.3 is 0 Å². The maximum atomic E-state index is 6.49. The van der Waals surface area contributed by atoms with Crippen LogP contribution in [0.1, 0.15) is 0 Å². The van der Waals surface area contributed by atoms with Crippen LogP contribution in [0, 0.1) is 0 Å². The van der Waals surface area contributed by atoms with Crippen molar-refractivity contribution in [2.24, 2.45) is 0 Å². The first kappa shape index (κ1) is 28.6. The molecule has 0 spiro atoms. The van der Waals surface area contributed by atoms with Crippen LogP contribution in [0.3, 0.4) is 0 Å². The normalized spacial score (nSPS) is 11.3. The summed E-state index contributed by atoms with van der Waals surface area (Å²) in [6, 6.07) is 60.9. The van der Waals surface area contributed by atoms with Crippen LogP contribution in [-0.2, 0) is 0 Å². The van der Waals surface area contributed by atoms with E-state index < -0.39 is 0 Å². The largest absolute Gasteiger partial charge is 0.456 e. The van der Waals surface area contributed by atoms with Crippen molar-refractivity contribution in [3.05, 3.63) is 176 Å². The summed E-state index contributed by atoms with van der Waals surface area (Å²) in [7, 11) is 0. The Morgan fingerprint density at radius 2 is 0.837 bits per heavy atom. The van der Waals surface area contributed by atoms with Gasteiger partial charge in [-0.25, -0.2) is 0 Å². The fourth-order valence-corrected chi connectivity index (χ4v) is 7.00. The Kier molecular flexibility index (Phi) is 7.10. The molecule has 0 amide bonds. The van der Waals surface area contributed by atoms with E-state index in [-0.39, 0.29) is 0 Å². The van der Waals surface area contributed by atoms with Gasteiger partial charge in [-0.15, -0.1) is 10.2 Å². The van der Waals surface area contributed by atoms with Gasteiger partial charge in [-0.1, -0.05) is 158 Å². The highest BCUT2D eigenvalue weighted by Crippen LogP contribution is 2.48. The zero-order chi connectivity index (χ0) is 32.6. The summed E-state index contributed by atoms with van der Waals surface area (Å²) in [6.07, 6.45) is 0. The molecule has 0 saturated carbocycles. The van der Waals surface area contributed by atoms with Crippen molar-refractivity contribution in [3.63, 3.8) is 0 Å². The maximum Gasteiger partial charge on any atom is 0.136 e. The average Bonchev–Trinajstić information content (AvgIpc) is 3.57. The molecule has 49 heavy (non-hydrogen) atoms. The molecule has 4 nitrogen and oxygen atoms in total. The van der Waals surface area contributed by atoms with Crippen LogP contribution in [-0.4, -0.2) is 15.4 Å². The van der Waals surface area contributed by atoms with E-state index in [2.05, 4.69) is 150 Å². The Morgan fingerprint density at radius 3 is 1.53 bits per heavy atom. The van der Waals surface area contributed by atoms with Crippen molar-refractivity contribution in [1.29, 1.82) is 0 Å². The molecule has 0 N–H and O–H groups in total. The van der Waals surface area contributed by atoms with Crippen LogP contribution >= 0.6 is 0 Å². The maximum absolute atomic E-state index is 6.49. The Hall–Kier alpha value is -6.65. The molecule has 9 rings (SSSR count). The van der Waals surface area contributed by atoms with Crippen LogP contribution < -0.4 is 0 Å². The number of furan rings is 1. The van der Waals surface area contributed by atoms with Crippen molar-refractivity contribution in [3.8, 4) is 67.0 Å². The lowest BCUT2D eigenvalue weighted by Gasteiger charge is -2.19. The van der Waals surface area contributed by atoms with Gasteiger partial charge in [0, 0.05) is 27.5 Å². The number of rotatable bonds is 6. The van der Waals surface area contributed by atoms with E-state index in [1.165, 1.54) is 11.1 Å². The molecule has 2 aromatic heterocycles. The summed E-state index contributed by atoms with van der Waals surface area (Å²) in [4.78, 5) is 0. The van der Waals surface area contributed by atoms with E-state index in [9.17, 15) is 0 Å². The lowest BCUT2D eigenvalue weighted by molar-refractivity contribution is 0.669. The van der Waals surface area contributed by atoms with Gasteiger partial charge in [-0.05, 0) is 62.4 Å². The zero-order valence-electron chi connectivity index (χ0n) is 26.5. The summed E-state index contributed by atoms with van der Waals surface area (Å²) >= 11 is 0. The van der Waals surface area contributed by atoms with Crippen LogP contribution in [0.4, 0.5) is 0 Å². The summed E-state index contributed by atoms with van der Waals surface area (Å²) in [5, 5.41) is 16.0. The van der Waals surface area contributed by atoms with Gasteiger partial charge in [-0.2, -0.15) is 0 Å². The van der Waals surface area contributed by atoms with E-state index in [0.717, 1.165) is 77.8 Å². The molecule has 0 bridgehead atoms. The van der Waals surface area contributed by atoms with Crippen molar-refractivity contribution in [1.82, 2.24) is 15.4 Å². The summed E-state index contributed by atoms with van der Waals surface area (Å²) in [6.45, 7) is 0. The van der Waals surface area contributed by atoms with Gasteiger partial charge in [-0.3, -0.25) is 0 Å². The topological polar surface area (TPSA) is 51.8 Å². The standard InChI is InChI=1S/C45H29N3O/c1-4-16-30(17-5-1)33-22-10-11-23-34(33)35-24-12-13-25-36(35)37-28-29-40-42(38-26-14-15-27-39(38)49-40)43(37)45-41(31-18-6-2-7-19-31)44(46-48-47-45)32-20-8-3-9-21-32/h1-29H. The van der Waals surface area contributed by atoms with Crippen molar-refractivity contribution < 1.29 is 4.42 Å². The molecule has 0 aliphatic rings. The highest BCUT2D eigenvalue weighted by atomic mass is 16.3. The van der Waals surface area contributed by atoms with Crippen LogP contribution in [0.2, 0.25) is 0 Å². The second-order valence-corrected chi connectivity index (χ2v) is 12.0. The Morgan fingerprint density at radius 1 is 0.327 bits per heavy atom. The SMILES string of the molecule is c1ccc(-c2ccccc2-c2ccccc2-c2ccc3oc4ccccc4c3c2-c2nnnc(-c3ccccc3)c2-c2ccccc2)cc1. The van der Waals surface area contributed by atoms with Gasteiger partial charge in [0.1, 0.15) is 22.6 Å². The highest BCUT2D eigenvalue weighted by Gasteiger charge is 2.26. The fourth-order valence-electron chi connectivity index (χ4n) is 7.00. The van der Waals surface area contributed by atoms with Gasteiger partial charge in [0.2, 0.25) is 0 Å². The Bertz CT molecular complexity index is 2590. The van der Waals surface area contributed by atoms with Crippen LogP contribution in [0.15, 0.2) is 180 Å². The first-order chi connectivity index (χ1) is 24.3. The monoisotopic (exact) mass is 627 g/mol. The van der Waals surface area contributed by atoms with E-state index in [0.29, 0.717) is 0 Å². The first-order valence-electron chi connectivity index (χ1n) is 16.4. The predicted molar refractivity (Wildman–Crippen MR) is 200 cm³/mol. The first-order valence-corrected chi connectivity index (χ1v) is 16.4. The number of hydrogen-bond donors (Lipinski definition) is 0. The van der Waals surface area contributed by atoms with E-state index in [4.69, 9.17) is 9.52 Å². The number of para-hydroxylation sites is 1. The minimum absolute atomic E-state index is 0.748. The van der Waals surface area contributed by atoms with E-state index >= 15 is 0 Å². The third-order valence-electron chi connectivity index (χ3n) is 9.17. The minimum atomic E-state index is 0.748. The zero-order valence-corrected chi connectivity index (χ0v) is 26.5. The molecule has 0 atom stereocenters. The molecule has 0 aliphatic carbocycles. The van der Waals surface area contributed by atoms with Gasteiger partial charge in [0.15, 0.2) is 0 Å². The van der Waals surface area contributed by atoms with Gasteiger partial charge < -0.3 is 4.42 Å². The van der Waals surface area contributed by atoms with E-state index in [1.54, 1.807) is 0 Å². The van der Waals surface area contributed by atoms with Gasteiger partial charge in [0.25, 0.3) is 0 Å². The molecule has 9 aromatic rings. The van der Waals surface area contributed by atoms with Crippen molar-refractivity contribution in [2.45, 2.75) is 0 Å². The average molecular weight is 628 g/mol. The fraction of sp³-hybridized carbons (Fsp3) is 0. The number of nitrogens with zero attached hydrogens (tertiary/aromatic N) is 3. The number of benzene rings is 7. The smallest absolute Gasteiger partial charge is 0.136 e. The predicted octanol–water partition coefficient (Wildman–Crippen LogP) is 11.8. The number of aromatic nitrogens is 3. The molecule has 0 radical (unpaired) electrons. The third kappa shape index (κ3) is 4.98. The third-order valence-corrected chi connectivity index (χ3v) is 9.17. The number of fused-ring (bicyclic) bond motifs is 3. The molecule has 2 heterocycles. The van der Waals surface area contributed by atoms with E-state index in [1.807, 2.05) is 36.4 Å². The quantitative estimate of drug-likeness (QED) is 0.184. The number of hydrogen-bond acceptors (Lipinski definition) is 4. The molecule has 230 valence electrons. The highest BCUT2D eigenvalue weighted by molar-refractivity contribution is 6.18. The Balaban J connectivity index is 1.41. The van der Waals surface area contributed by atoms with Crippen molar-refractivity contribution >= 4 is 21.9 Å². The summed E-state index contributed by atoms with van der Waals surface area (Å²) < 4.78 is 6.49. The van der Waals surface area contributed by atoms with Crippen molar-refractivity contribution in [2.75, 3.05) is 0 Å². The lowest BCUT2D eigenvalue weighted by Crippen LogP contribution is -2.02. The second-order valence-electron chi connectivity index (χ2n) is 12.0.